The molecule has 0 atom stereocenters. The first-order chi connectivity index (χ1) is 14.5. The molecule has 0 saturated carbocycles. The third-order valence-electron chi connectivity index (χ3n) is 4.48. The number of carbonyl (C=O) groups is 1. The number of nitro benzene ring substituents is 1. The van der Waals surface area contributed by atoms with E-state index in [1.165, 1.54) is 40.2 Å². The maximum atomic E-state index is 12.7. The minimum absolute atomic E-state index is 0.0138. The molecule has 1 amide bonds. The van der Waals surface area contributed by atoms with Gasteiger partial charge in [-0.25, -0.2) is 9.67 Å². The lowest BCUT2D eigenvalue weighted by molar-refractivity contribution is -0.384. The summed E-state index contributed by atoms with van der Waals surface area (Å²) >= 11 is 0. The molecule has 1 N–H and O–H groups in total. The van der Waals surface area contributed by atoms with Gasteiger partial charge in [0.1, 0.15) is 11.7 Å². The molecule has 152 valence electrons. The van der Waals surface area contributed by atoms with Crippen LogP contribution in [0.4, 0.5) is 5.69 Å². The average molecular weight is 408 g/mol. The van der Waals surface area contributed by atoms with Crippen LogP contribution in [-0.2, 0) is 13.1 Å². The monoisotopic (exact) mass is 408 g/mol. The van der Waals surface area contributed by atoms with Gasteiger partial charge in [0, 0.05) is 18.7 Å². The van der Waals surface area contributed by atoms with Gasteiger partial charge in [0.05, 0.1) is 30.5 Å². The van der Waals surface area contributed by atoms with Crippen molar-refractivity contribution in [1.82, 2.24) is 24.6 Å². The van der Waals surface area contributed by atoms with Crippen LogP contribution >= 0.6 is 0 Å². The summed E-state index contributed by atoms with van der Waals surface area (Å²) in [6, 6.07) is 9.16. The summed E-state index contributed by atoms with van der Waals surface area (Å²) in [6.45, 7) is 0.836. The SMILES string of the molecule is O=C(NCCn1ncc2c(=O)n(Cc3ccc([N+](=O)[O-])cc3)cnc21)c1ccco1. The number of benzene rings is 1. The zero-order chi connectivity index (χ0) is 21.1. The molecule has 11 heteroatoms. The summed E-state index contributed by atoms with van der Waals surface area (Å²) < 4.78 is 7.97. The van der Waals surface area contributed by atoms with Crippen molar-refractivity contribution in [3.63, 3.8) is 0 Å². The molecule has 0 fully saturated rings. The highest BCUT2D eigenvalue weighted by molar-refractivity contribution is 5.91. The second kappa shape index (κ2) is 7.99. The predicted molar refractivity (Wildman–Crippen MR) is 105 cm³/mol. The van der Waals surface area contributed by atoms with E-state index < -0.39 is 4.92 Å². The van der Waals surface area contributed by atoms with E-state index in [2.05, 4.69) is 15.4 Å². The van der Waals surface area contributed by atoms with Gasteiger partial charge in [-0.15, -0.1) is 0 Å². The predicted octanol–water partition coefficient (Wildman–Crippen LogP) is 1.57. The Balaban J connectivity index is 1.46. The fourth-order valence-electron chi connectivity index (χ4n) is 2.96. The average Bonchev–Trinajstić information content (AvgIpc) is 3.41. The Hall–Kier alpha value is -4.28. The van der Waals surface area contributed by atoms with Crippen molar-refractivity contribution < 1.29 is 14.1 Å². The zero-order valence-electron chi connectivity index (χ0n) is 15.6. The minimum atomic E-state index is -0.477. The van der Waals surface area contributed by atoms with Crippen LogP contribution in [0.15, 0.2) is 64.4 Å². The zero-order valence-corrected chi connectivity index (χ0v) is 15.6. The van der Waals surface area contributed by atoms with Gasteiger partial charge < -0.3 is 9.73 Å². The highest BCUT2D eigenvalue weighted by Crippen LogP contribution is 2.13. The van der Waals surface area contributed by atoms with Crippen LogP contribution in [-0.4, -0.2) is 36.7 Å². The van der Waals surface area contributed by atoms with Gasteiger partial charge in [-0.1, -0.05) is 12.1 Å². The minimum Gasteiger partial charge on any atom is -0.459 e. The molecule has 0 saturated heterocycles. The Morgan fingerprint density at radius 3 is 2.73 bits per heavy atom. The van der Waals surface area contributed by atoms with Crippen LogP contribution in [0.25, 0.3) is 11.0 Å². The van der Waals surface area contributed by atoms with Gasteiger partial charge in [-0.3, -0.25) is 24.3 Å². The molecule has 1 aromatic carbocycles. The Bertz CT molecular complexity index is 1260. The number of hydrogen-bond donors (Lipinski definition) is 1. The van der Waals surface area contributed by atoms with Crippen molar-refractivity contribution in [1.29, 1.82) is 0 Å². The molecule has 30 heavy (non-hydrogen) atoms. The van der Waals surface area contributed by atoms with E-state index in [0.717, 1.165) is 5.56 Å². The summed E-state index contributed by atoms with van der Waals surface area (Å²) in [5, 5.41) is 18.0. The van der Waals surface area contributed by atoms with Crippen LogP contribution < -0.4 is 10.9 Å². The first-order valence-electron chi connectivity index (χ1n) is 8.99. The Labute approximate surface area is 168 Å². The first-order valence-corrected chi connectivity index (χ1v) is 8.99. The molecular formula is C19H16N6O5. The van der Waals surface area contributed by atoms with E-state index in [0.29, 0.717) is 17.6 Å². The van der Waals surface area contributed by atoms with E-state index in [1.807, 2.05) is 0 Å². The number of carbonyl (C=O) groups excluding carboxylic acids is 1. The summed E-state index contributed by atoms with van der Waals surface area (Å²) in [7, 11) is 0. The first kappa shape index (κ1) is 19.1. The standard InChI is InChI=1S/C19H16N6O5/c26-18(16-2-1-9-30-16)20-7-8-24-17-15(10-22-24)19(27)23(12-21-17)11-13-3-5-14(6-4-13)25(28)29/h1-6,9-10,12H,7-8,11H2,(H,20,26). The molecule has 0 unspecified atom stereocenters. The number of non-ortho nitro benzene ring substituents is 1. The summed E-state index contributed by atoms with van der Waals surface area (Å²) in [5.41, 5.74) is 0.855. The Kier molecular flexibility index (Phi) is 5.08. The molecule has 0 radical (unpaired) electrons. The second-order valence-electron chi connectivity index (χ2n) is 6.44. The van der Waals surface area contributed by atoms with Crippen LogP contribution in [0.3, 0.4) is 0 Å². The van der Waals surface area contributed by atoms with Gasteiger partial charge >= 0.3 is 0 Å². The molecule has 0 aliphatic rings. The van der Waals surface area contributed by atoms with Crippen LogP contribution in [0.1, 0.15) is 16.1 Å². The van der Waals surface area contributed by atoms with Gasteiger partial charge in [0.25, 0.3) is 17.2 Å². The fraction of sp³-hybridized carbons (Fsp3) is 0.158. The van der Waals surface area contributed by atoms with Gasteiger partial charge in [0.15, 0.2) is 11.4 Å². The number of aromatic nitrogens is 4. The largest absolute Gasteiger partial charge is 0.459 e. The molecule has 0 aliphatic carbocycles. The Morgan fingerprint density at radius 2 is 2.03 bits per heavy atom. The highest BCUT2D eigenvalue weighted by atomic mass is 16.6. The smallest absolute Gasteiger partial charge is 0.287 e. The quantitative estimate of drug-likeness (QED) is 0.362. The molecule has 0 spiro atoms. The molecular weight excluding hydrogens is 392 g/mol. The number of rotatable bonds is 7. The molecule has 0 aliphatic heterocycles. The lowest BCUT2D eigenvalue weighted by Gasteiger charge is -2.07. The van der Waals surface area contributed by atoms with Crippen molar-refractivity contribution in [3.05, 3.63) is 87.0 Å². The van der Waals surface area contributed by atoms with E-state index in [1.54, 1.807) is 24.3 Å². The van der Waals surface area contributed by atoms with Crippen LogP contribution in [0, 0.1) is 10.1 Å². The van der Waals surface area contributed by atoms with Crippen molar-refractivity contribution in [3.8, 4) is 0 Å². The van der Waals surface area contributed by atoms with Crippen molar-refractivity contribution in [2.45, 2.75) is 13.1 Å². The number of nitro groups is 1. The van der Waals surface area contributed by atoms with E-state index in [-0.39, 0.29) is 36.0 Å². The summed E-state index contributed by atoms with van der Waals surface area (Å²) in [4.78, 5) is 39.2. The van der Waals surface area contributed by atoms with E-state index in [9.17, 15) is 19.7 Å². The van der Waals surface area contributed by atoms with Gasteiger partial charge in [-0.2, -0.15) is 5.10 Å². The lowest BCUT2D eigenvalue weighted by atomic mass is 10.2. The van der Waals surface area contributed by atoms with Crippen LogP contribution in [0.5, 0.6) is 0 Å². The van der Waals surface area contributed by atoms with Crippen molar-refractivity contribution >= 4 is 22.6 Å². The third-order valence-corrected chi connectivity index (χ3v) is 4.48. The van der Waals surface area contributed by atoms with Crippen molar-refractivity contribution in [2.75, 3.05) is 6.54 Å². The van der Waals surface area contributed by atoms with E-state index >= 15 is 0 Å². The molecule has 3 heterocycles. The second-order valence-corrected chi connectivity index (χ2v) is 6.44. The number of furan rings is 1. The fourth-order valence-corrected chi connectivity index (χ4v) is 2.96. The molecule has 11 nitrogen and oxygen atoms in total. The summed E-state index contributed by atoms with van der Waals surface area (Å²) in [5.74, 6) is -0.123. The molecule has 4 aromatic rings. The normalized spacial score (nSPS) is 10.9. The maximum absolute atomic E-state index is 12.7. The molecule has 0 bridgehead atoms. The number of nitrogens with one attached hydrogen (secondary N) is 1. The molecule has 3 aromatic heterocycles. The summed E-state index contributed by atoms with van der Waals surface area (Å²) in [6.07, 6.45) is 4.26. The number of hydrogen-bond acceptors (Lipinski definition) is 7. The Morgan fingerprint density at radius 1 is 1.23 bits per heavy atom. The lowest BCUT2D eigenvalue weighted by Crippen LogP contribution is -2.27. The number of nitrogens with zero attached hydrogens (tertiary/aromatic N) is 5. The van der Waals surface area contributed by atoms with Crippen molar-refractivity contribution in [2.24, 2.45) is 0 Å². The van der Waals surface area contributed by atoms with Gasteiger partial charge in [0.2, 0.25) is 0 Å². The van der Waals surface area contributed by atoms with Crippen LogP contribution in [0.2, 0.25) is 0 Å². The van der Waals surface area contributed by atoms with Gasteiger partial charge in [-0.05, 0) is 17.7 Å². The highest BCUT2D eigenvalue weighted by Gasteiger charge is 2.12. The third kappa shape index (κ3) is 3.81. The van der Waals surface area contributed by atoms with E-state index in [4.69, 9.17) is 4.42 Å². The topological polar surface area (TPSA) is 138 Å². The number of fused-ring (bicyclic) bond motifs is 1. The number of amides is 1. The maximum Gasteiger partial charge on any atom is 0.287 e. The molecule has 4 rings (SSSR count).